The Morgan fingerprint density at radius 3 is 2.85 bits per heavy atom. The highest BCUT2D eigenvalue weighted by Gasteiger charge is 2.11. The van der Waals surface area contributed by atoms with Crippen molar-refractivity contribution in [3.63, 3.8) is 0 Å². The number of carboxylic acid groups (broad SMARTS) is 1. The lowest BCUT2D eigenvalue weighted by Gasteiger charge is -2.11. The van der Waals surface area contributed by atoms with Crippen molar-refractivity contribution in [3.05, 3.63) is 41.7 Å². The summed E-state index contributed by atoms with van der Waals surface area (Å²) in [6.07, 6.45) is 1.41. The van der Waals surface area contributed by atoms with Crippen LogP contribution < -0.4 is 4.74 Å². The molecule has 0 bridgehead atoms. The van der Waals surface area contributed by atoms with Crippen molar-refractivity contribution in [1.29, 1.82) is 0 Å². The Balaban J connectivity index is 2.14. The van der Waals surface area contributed by atoms with Crippen molar-refractivity contribution in [3.8, 4) is 5.75 Å². The molecule has 7 heteroatoms. The Morgan fingerprint density at radius 1 is 1.45 bits per heavy atom. The molecule has 20 heavy (non-hydrogen) atoms. The third-order valence-electron chi connectivity index (χ3n) is 2.62. The molecule has 1 heterocycles. The van der Waals surface area contributed by atoms with Gasteiger partial charge in [-0.3, -0.25) is 0 Å². The van der Waals surface area contributed by atoms with Crippen LogP contribution >= 0.6 is 0 Å². The van der Waals surface area contributed by atoms with E-state index < -0.39 is 11.8 Å². The molecule has 0 radical (unpaired) electrons. The SMILES string of the molecule is CC(C)n1ncnc1COc1cc(F)cc(C(=O)O)c1. The first-order valence-electron chi connectivity index (χ1n) is 6.02. The number of benzene rings is 1. The van der Waals surface area contributed by atoms with Gasteiger partial charge < -0.3 is 9.84 Å². The van der Waals surface area contributed by atoms with Crippen LogP contribution in [0.15, 0.2) is 24.5 Å². The van der Waals surface area contributed by atoms with Crippen LogP contribution in [0.25, 0.3) is 0 Å². The number of hydrogen-bond acceptors (Lipinski definition) is 4. The largest absolute Gasteiger partial charge is 0.485 e. The number of carboxylic acids is 1. The average molecular weight is 279 g/mol. The summed E-state index contributed by atoms with van der Waals surface area (Å²) in [6.45, 7) is 3.98. The standard InChI is InChI=1S/C13H14FN3O3/c1-8(2)17-12(15-7-16-17)6-20-11-4-9(13(18)19)3-10(14)5-11/h3-5,7-8H,6H2,1-2H3,(H,18,19). The minimum Gasteiger partial charge on any atom is -0.485 e. The molecule has 0 saturated heterocycles. The predicted octanol–water partition coefficient (Wildman–Crippen LogP) is 2.28. The van der Waals surface area contributed by atoms with Crippen molar-refractivity contribution < 1.29 is 19.0 Å². The van der Waals surface area contributed by atoms with Crippen LogP contribution in [0.1, 0.15) is 36.1 Å². The second kappa shape index (κ2) is 5.68. The summed E-state index contributed by atoms with van der Waals surface area (Å²) in [4.78, 5) is 14.9. The van der Waals surface area contributed by atoms with E-state index in [1.807, 2.05) is 13.8 Å². The molecule has 1 N–H and O–H groups in total. The summed E-state index contributed by atoms with van der Waals surface area (Å²) in [6, 6.07) is 3.45. The highest BCUT2D eigenvalue weighted by molar-refractivity contribution is 5.88. The minimum atomic E-state index is -1.21. The summed E-state index contributed by atoms with van der Waals surface area (Å²) in [7, 11) is 0. The maximum atomic E-state index is 13.3. The summed E-state index contributed by atoms with van der Waals surface area (Å²) < 4.78 is 20.3. The van der Waals surface area contributed by atoms with Gasteiger partial charge in [-0.15, -0.1) is 0 Å². The molecule has 0 atom stereocenters. The van der Waals surface area contributed by atoms with Crippen molar-refractivity contribution >= 4 is 5.97 Å². The number of aromatic nitrogens is 3. The quantitative estimate of drug-likeness (QED) is 0.908. The van der Waals surface area contributed by atoms with Gasteiger partial charge in [-0.1, -0.05) is 0 Å². The van der Waals surface area contributed by atoms with Crippen molar-refractivity contribution in [2.24, 2.45) is 0 Å². The summed E-state index contributed by atoms with van der Waals surface area (Å²) in [5, 5.41) is 12.9. The zero-order chi connectivity index (χ0) is 14.7. The lowest BCUT2D eigenvalue weighted by atomic mass is 10.2. The fraction of sp³-hybridized carbons (Fsp3) is 0.308. The van der Waals surface area contributed by atoms with Gasteiger partial charge in [0.2, 0.25) is 0 Å². The lowest BCUT2D eigenvalue weighted by molar-refractivity contribution is 0.0695. The molecule has 106 valence electrons. The topological polar surface area (TPSA) is 77.2 Å². The molecule has 0 unspecified atom stereocenters. The van der Waals surface area contributed by atoms with Crippen LogP contribution in [-0.2, 0) is 6.61 Å². The molecular formula is C13H14FN3O3. The second-order valence-electron chi connectivity index (χ2n) is 4.48. The number of nitrogens with zero attached hydrogens (tertiary/aromatic N) is 3. The third kappa shape index (κ3) is 3.11. The van der Waals surface area contributed by atoms with Gasteiger partial charge in [0.1, 0.15) is 24.5 Å². The van der Waals surface area contributed by atoms with Crippen LogP contribution in [0.4, 0.5) is 4.39 Å². The maximum absolute atomic E-state index is 13.3. The molecule has 1 aromatic heterocycles. The lowest BCUT2D eigenvalue weighted by Crippen LogP contribution is -2.11. The molecular weight excluding hydrogens is 265 g/mol. The zero-order valence-electron chi connectivity index (χ0n) is 11.1. The van der Waals surface area contributed by atoms with Crippen LogP contribution in [0.3, 0.4) is 0 Å². The Morgan fingerprint density at radius 2 is 2.20 bits per heavy atom. The number of carbonyl (C=O) groups is 1. The van der Waals surface area contributed by atoms with E-state index in [4.69, 9.17) is 9.84 Å². The van der Waals surface area contributed by atoms with Gasteiger partial charge in [-0.05, 0) is 26.0 Å². The molecule has 1 aromatic carbocycles. The molecule has 0 saturated carbocycles. The normalized spacial score (nSPS) is 10.8. The van der Waals surface area contributed by atoms with E-state index in [-0.39, 0.29) is 24.0 Å². The molecule has 0 spiro atoms. The van der Waals surface area contributed by atoms with E-state index in [1.165, 1.54) is 12.4 Å². The fourth-order valence-electron chi connectivity index (χ4n) is 1.73. The van der Waals surface area contributed by atoms with Crippen LogP contribution in [-0.4, -0.2) is 25.8 Å². The number of hydrogen-bond donors (Lipinski definition) is 1. The van der Waals surface area contributed by atoms with Crippen molar-refractivity contribution in [2.75, 3.05) is 0 Å². The zero-order valence-corrected chi connectivity index (χ0v) is 11.1. The summed E-state index contributed by atoms with van der Waals surface area (Å²) in [5.41, 5.74) is -0.162. The number of aromatic carboxylic acids is 1. The van der Waals surface area contributed by atoms with Gasteiger partial charge in [0, 0.05) is 12.1 Å². The highest BCUT2D eigenvalue weighted by Crippen LogP contribution is 2.18. The third-order valence-corrected chi connectivity index (χ3v) is 2.62. The van der Waals surface area contributed by atoms with Crippen LogP contribution in [0.2, 0.25) is 0 Å². The van der Waals surface area contributed by atoms with Crippen molar-refractivity contribution in [1.82, 2.24) is 14.8 Å². The van der Waals surface area contributed by atoms with Gasteiger partial charge in [-0.25, -0.2) is 18.9 Å². The highest BCUT2D eigenvalue weighted by atomic mass is 19.1. The molecule has 2 aromatic rings. The smallest absolute Gasteiger partial charge is 0.335 e. The Bertz CT molecular complexity index is 625. The number of rotatable bonds is 5. The van der Waals surface area contributed by atoms with Crippen LogP contribution in [0, 0.1) is 5.82 Å². The minimum absolute atomic E-state index is 0.0840. The second-order valence-corrected chi connectivity index (χ2v) is 4.48. The molecule has 0 aliphatic rings. The molecule has 0 aliphatic carbocycles. The number of ether oxygens (including phenoxy) is 1. The monoisotopic (exact) mass is 279 g/mol. The maximum Gasteiger partial charge on any atom is 0.335 e. The van der Waals surface area contributed by atoms with E-state index in [2.05, 4.69) is 10.1 Å². The molecule has 0 aliphatic heterocycles. The van der Waals surface area contributed by atoms with E-state index in [1.54, 1.807) is 4.68 Å². The van der Waals surface area contributed by atoms with Crippen molar-refractivity contribution in [2.45, 2.75) is 26.5 Å². The fourth-order valence-corrected chi connectivity index (χ4v) is 1.73. The van der Waals surface area contributed by atoms with E-state index in [0.29, 0.717) is 5.82 Å². The first kappa shape index (κ1) is 14.0. The van der Waals surface area contributed by atoms with Gasteiger partial charge in [0.05, 0.1) is 5.56 Å². The van der Waals surface area contributed by atoms with Gasteiger partial charge in [0.25, 0.3) is 0 Å². The summed E-state index contributed by atoms with van der Waals surface area (Å²) >= 11 is 0. The summed E-state index contributed by atoms with van der Waals surface area (Å²) in [5.74, 6) is -1.15. The number of halogens is 1. The predicted molar refractivity (Wildman–Crippen MR) is 68.1 cm³/mol. The Hall–Kier alpha value is -2.44. The molecule has 6 nitrogen and oxygen atoms in total. The van der Waals surface area contributed by atoms with Gasteiger partial charge >= 0.3 is 5.97 Å². The average Bonchev–Trinajstić information content (AvgIpc) is 2.84. The van der Waals surface area contributed by atoms with E-state index in [0.717, 1.165) is 12.1 Å². The van der Waals surface area contributed by atoms with Gasteiger partial charge in [-0.2, -0.15) is 5.10 Å². The first-order valence-corrected chi connectivity index (χ1v) is 6.02. The molecule has 0 amide bonds. The van der Waals surface area contributed by atoms with E-state index in [9.17, 15) is 9.18 Å². The van der Waals surface area contributed by atoms with Crippen LogP contribution in [0.5, 0.6) is 5.75 Å². The van der Waals surface area contributed by atoms with E-state index >= 15 is 0 Å². The van der Waals surface area contributed by atoms with Gasteiger partial charge in [0.15, 0.2) is 5.82 Å². The Kier molecular flexibility index (Phi) is 3.97. The molecule has 0 fully saturated rings. The molecule has 2 rings (SSSR count). The first-order chi connectivity index (χ1) is 9.47. The Labute approximate surface area is 114 Å².